The number of carbonyl (C=O) groups is 2. The minimum atomic E-state index is -0.0530. The molecule has 14 heavy (non-hydrogen) atoms. The molecule has 0 aliphatic heterocycles. The lowest BCUT2D eigenvalue weighted by molar-refractivity contribution is 0.101. The Balaban J connectivity index is 3.27. The van der Waals surface area contributed by atoms with Crippen molar-refractivity contribution in [2.75, 3.05) is 0 Å². The Labute approximate surface area is 82.9 Å². The normalized spacial score (nSPS) is 9.93. The molecule has 0 aliphatic carbocycles. The average Bonchev–Trinajstić information content (AvgIpc) is 2.16. The van der Waals surface area contributed by atoms with Crippen LogP contribution in [0.4, 0.5) is 0 Å². The molecule has 0 saturated heterocycles. The van der Waals surface area contributed by atoms with Gasteiger partial charge in [0.05, 0.1) is 0 Å². The average molecular weight is 191 g/mol. The minimum Gasteiger partial charge on any atom is -0.326 e. The number of hydrogen-bond donors (Lipinski definition) is 1. The van der Waals surface area contributed by atoms with E-state index in [1.54, 1.807) is 18.2 Å². The molecule has 0 fully saturated rings. The summed E-state index contributed by atoms with van der Waals surface area (Å²) in [5.74, 6) is -0.106. The van der Waals surface area contributed by atoms with Crippen molar-refractivity contribution < 1.29 is 9.59 Å². The fourth-order valence-corrected chi connectivity index (χ4v) is 1.22. The number of benzene rings is 1. The molecule has 0 radical (unpaired) electrons. The van der Waals surface area contributed by atoms with Crippen molar-refractivity contribution in [3.8, 4) is 0 Å². The molecule has 0 amide bonds. The number of hydrogen-bond acceptors (Lipinski definition) is 3. The van der Waals surface area contributed by atoms with Gasteiger partial charge >= 0.3 is 0 Å². The van der Waals surface area contributed by atoms with Crippen LogP contribution >= 0.6 is 0 Å². The largest absolute Gasteiger partial charge is 0.326 e. The maximum atomic E-state index is 11.1. The van der Waals surface area contributed by atoms with E-state index in [1.165, 1.54) is 13.8 Å². The van der Waals surface area contributed by atoms with Gasteiger partial charge < -0.3 is 5.73 Å². The molecule has 0 atom stereocenters. The van der Waals surface area contributed by atoms with E-state index in [0.29, 0.717) is 17.7 Å². The molecule has 0 unspecified atom stereocenters. The monoisotopic (exact) mass is 191 g/mol. The Morgan fingerprint density at radius 3 is 1.79 bits per heavy atom. The van der Waals surface area contributed by atoms with Gasteiger partial charge in [0, 0.05) is 17.7 Å². The van der Waals surface area contributed by atoms with Crippen LogP contribution in [0.25, 0.3) is 0 Å². The zero-order chi connectivity index (χ0) is 10.7. The lowest BCUT2D eigenvalue weighted by Crippen LogP contribution is -2.04. The highest BCUT2D eigenvalue weighted by molar-refractivity contribution is 5.99. The van der Waals surface area contributed by atoms with Gasteiger partial charge in [0.1, 0.15) is 0 Å². The van der Waals surface area contributed by atoms with Crippen molar-refractivity contribution in [1.29, 1.82) is 0 Å². The lowest BCUT2D eigenvalue weighted by atomic mass is 10.0. The predicted octanol–water partition coefficient (Wildman–Crippen LogP) is 1.55. The molecule has 1 rings (SSSR count). The molecule has 0 saturated carbocycles. The summed E-state index contributed by atoms with van der Waals surface area (Å²) in [5, 5.41) is 0. The SMILES string of the molecule is CC(=O)c1cc(CN)cc(C(C)=O)c1. The zero-order valence-corrected chi connectivity index (χ0v) is 8.33. The molecule has 1 aromatic carbocycles. The fourth-order valence-electron chi connectivity index (χ4n) is 1.22. The third kappa shape index (κ3) is 2.26. The molecule has 2 N–H and O–H groups in total. The quantitative estimate of drug-likeness (QED) is 0.737. The molecular weight excluding hydrogens is 178 g/mol. The van der Waals surface area contributed by atoms with Crippen LogP contribution in [0.1, 0.15) is 40.1 Å². The van der Waals surface area contributed by atoms with Crippen LogP contribution in [0.5, 0.6) is 0 Å². The van der Waals surface area contributed by atoms with Gasteiger partial charge in [-0.3, -0.25) is 9.59 Å². The first-order chi connectivity index (χ1) is 6.54. The molecule has 74 valence electrons. The minimum absolute atomic E-state index is 0.0530. The molecule has 0 heterocycles. The van der Waals surface area contributed by atoms with Gasteiger partial charge in [0.2, 0.25) is 0 Å². The first-order valence-electron chi connectivity index (χ1n) is 4.40. The summed E-state index contributed by atoms with van der Waals surface area (Å²) in [5.41, 5.74) is 7.35. The zero-order valence-electron chi connectivity index (χ0n) is 8.33. The van der Waals surface area contributed by atoms with E-state index in [4.69, 9.17) is 5.73 Å². The van der Waals surface area contributed by atoms with Crippen LogP contribution in [0, 0.1) is 0 Å². The number of rotatable bonds is 3. The molecule has 0 aromatic heterocycles. The second-order valence-electron chi connectivity index (χ2n) is 3.24. The standard InChI is InChI=1S/C11H13NO2/c1-7(13)10-3-9(6-12)4-11(5-10)8(2)14/h3-5H,6,12H2,1-2H3. The van der Waals surface area contributed by atoms with E-state index in [9.17, 15) is 9.59 Å². The maximum Gasteiger partial charge on any atom is 0.159 e. The smallest absolute Gasteiger partial charge is 0.159 e. The van der Waals surface area contributed by atoms with E-state index in [1.807, 2.05) is 0 Å². The summed E-state index contributed by atoms with van der Waals surface area (Å²) in [7, 11) is 0. The summed E-state index contributed by atoms with van der Waals surface area (Å²) in [6.07, 6.45) is 0. The van der Waals surface area contributed by atoms with Gasteiger partial charge in [-0.05, 0) is 37.6 Å². The molecule has 0 spiro atoms. The number of Topliss-reactive ketones (excluding diaryl/α,β-unsaturated/α-hetero) is 2. The topological polar surface area (TPSA) is 60.2 Å². The summed E-state index contributed by atoms with van der Waals surface area (Å²) in [4.78, 5) is 22.3. The second-order valence-corrected chi connectivity index (χ2v) is 3.24. The first-order valence-corrected chi connectivity index (χ1v) is 4.40. The second kappa shape index (κ2) is 4.15. The Morgan fingerprint density at radius 1 is 1.07 bits per heavy atom. The molecule has 3 nitrogen and oxygen atoms in total. The van der Waals surface area contributed by atoms with Gasteiger partial charge in [-0.25, -0.2) is 0 Å². The summed E-state index contributed by atoms with van der Waals surface area (Å²) < 4.78 is 0. The lowest BCUT2D eigenvalue weighted by Gasteiger charge is -2.03. The number of carbonyl (C=O) groups excluding carboxylic acids is 2. The van der Waals surface area contributed by atoms with Crippen LogP contribution in [0.15, 0.2) is 18.2 Å². The summed E-state index contributed by atoms with van der Waals surface area (Å²) in [6.45, 7) is 3.28. The van der Waals surface area contributed by atoms with Crippen LogP contribution in [-0.2, 0) is 6.54 Å². The highest BCUT2D eigenvalue weighted by Gasteiger charge is 2.06. The number of ketones is 2. The molecule has 3 heteroatoms. The molecule has 0 aliphatic rings. The Morgan fingerprint density at radius 2 is 1.50 bits per heavy atom. The van der Waals surface area contributed by atoms with Crippen LogP contribution < -0.4 is 5.73 Å². The predicted molar refractivity (Wildman–Crippen MR) is 54.3 cm³/mol. The van der Waals surface area contributed by atoms with E-state index in [0.717, 1.165) is 5.56 Å². The van der Waals surface area contributed by atoms with E-state index < -0.39 is 0 Å². The van der Waals surface area contributed by atoms with Crippen LogP contribution in [0.2, 0.25) is 0 Å². The maximum absolute atomic E-state index is 11.1. The van der Waals surface area contributed by atoms with E-state index in [2.05, 4.69) is 0 Å². The van der Waals surface area contributed by atoms with Crippen molar-refractivity contribution in [3.63, 3.8) is 0 Å². The van der Waals surface area contributed by atoms with Crippen molar-refractivity contribution in [1.82, 2.24) is 0 Å². The van der Waals surface area contributed by atoms with Gasteiger partial charge in [-0.2, -0.15) is 0 Å². The first kappa shape index (κ1) is 10.6. The molecule has 0 bridgehead atoms. The molecular formula is C11H13NO2. The van der Waals surface area contributed by atoms with E-state index >= 15 is 0 Å². The van der Waals surface area contributed by atoms with E-state index in [-0.39, 0.29) is 11.6 Å². The Hall–Kier alpha value is -1.48. The third-order valence-electron chi connectivity index (χ3n) is 2.04. The molecule has 1 aromatic rings. The highest BCUT2D eigenvalue weighted by Crippen LogP contribution is 2.11. The van der Waals surface area contributed by atoms with Gasteiger partial charge in [0.15, 0.2) is 11.6 Å². The van der Waals surface area contributed by atoms with Crippen molar-refractivity contribution in [3.05, 3.63) is 34.9 Å². The van der Waals surface area contributed by atoms with Crippen molar-refractivity contribution in [2.45, 2.75) is 20.4 Å². The van der Waals surface area contributed by atoms with Crippen molar-refractivity contribution >= 4 is 11.6 Å². The Bertz CT molecular complexity index is 351. The number of nitrogens with two attached hydrogens (primary N) is 1. The van der Waals surface area contributed by atoms with Crippen LogP contribution in [0.3, 0.4) is 0 Å². The summed E-state index contributed by atoms with van der Waals surface area (Å²) >= 11 is 0. The van der Waals surface area contributed by atoms with Gasteiger partial charge in [-0.1, -0.05) is 0 Å². The third-order valence-corrected chi connectivity index (χ3v) is 2.04. The van der Waals surface area contributed by atoms with Crippen molar-refractivity contribution in [2.24, 2.45) is 5.73 Å². The fraction of sp³-hybridized carbons (Fsp3) is 0.273. The Kier molecular flexibility index (Phi) is 3.14. The van der Waals surface area contributed by atoms with Crippen LogP contribution in [-0.4, -0.2) is 11.6 Å². The highest BCUT2D eigenvalue weighted by atomic mass is 16.1. The van der Waals surface area contributed by atoms with Gasteiger partial charge in [0.25, 0.3) is 0 Å². The summed E-state index contributed by atoms with van der Waals surface area (Å²) in [6, 6.07) is 5.04. The van der Waals surface area contributed by atoms with Gasteiger partial charge in [-0.15, -0.1) is 0 Å².